The van der Waals surface area contributed by atoms with Gasteiger partial charge in [-0.3, -0.25) is 19.9 Å². The maximum absolute atomic E-state index is 4.52. The second-order valence-corrected chi connectivity index (χ2v) is 10.6. The first-order valence-corrected chi connectivity index (χ1v) is 14.4. The first kappa shape index (κ1) is 27.6. The fourth-order valence-electron chi connectivity index (χ4n) is 4.96. The molecular weight excluding hydrogens is 464 g/mol. The van der Waals surface area contributed by atoms with Gasteiger partial charge in [0.1, 0.15) is 0 Å². The molecular formula is C34H42N4. The molecule has 0 aromatic carbocycles. The summed E-state index contributed by atoms with van der Waals surface area (Å²) in [5.41, 5.74) is 9.08. The molecule has 0 N–H and O–H groups in total. The van der Waals surface area contributed by atoms with Crippen LogP contribution in [0.5, 0.6) is 0 Å². The third kappa shape index (κ3) is 9.16. The summed E-state index contributed by atoms with van der Waals surface area (Å²) in [4.78, 5) is 18.0. The van der Waals surface area contributed by atoms with Crippen molar-refractivity contribution in [1.82, 2.24) is 19.9 Å². The minimum atomic E-state index is 0.967. The first-order valence-electron chi connectivity index (χ1n) is 14.4. The fourth-order valence-corrected chi connectivity index (χ4v) is 4.96. The molecule has 0 unspecified atom stereocenters. The molecule has 0 atom stereocenters. The van der Waals surface area contributed by atoms with Crippen LogP contribution in [0.15, 0.2) is 73.3 Å². The van der Waals surface area contributed by atoms with Gasteiger partial charge in [-0.15, -0.1) is 0 Å². The van der Waals surface area contributed by atoms with Crippen LogP contribution < -0.4 is 0 Å². The molecule has 0 saturated heterocycles. The Hall–Kier alpha value is -3.40. The van der Waals surface area contributed by atoms with Gasteiger partial charge in [-0.2, -0.15) is 0 Å². The summed E-state index contributed by atoms with van der Waals surface area (Å²) in [7, 11) is 0. The van der Waals surface area contributed by atoms with Crippen LogP contribution in [-0.2, 0) is 12.8 Å². The summed E-state index contributed by atoms with van der Waals surface area (Å²) < 4.78 is 0. The van der Waals surface area contributed by atoms with E-state index in [1.165, 1.54) is 86.5 Å². The first-order chi connectivity index (χ1) is 18.7. The predicted molar refractivity (Wildman–Crippen MR) is 158 cm³/mol. The summed E-state index contributed by atoms with van der Waals surface area (Å²) in [6.45, 7) is 4.19. The van der Waals surface area contributed by atoms with Gasteiger partial charge in [-0.1, -0.05) is 51.4 Å². The average molecular weight is 507 g/mol. The van der Waals surface area contributed by atoms with Gasteiger partial charge < -0.3 is 0 Å². The molecule has 4 heteroatoms. The minimum absolute atomic E-state index is 0.967. The third-order valence-electron chi connectivity index (χ3n) is 7.19. The molecule has 4 aromatic rings. The SMILES string of the molecule is Cc1ccnc(-c2cc(CCCCCCCCCCCCc3ccnc(-c4cc(C)ccn4)c3)ccn2)c1. The van der Waals surface area contributed by atoms with Crippen molar-refractivity contribution in [3.63, 3.8) is 0 Å². The maximum Gasteiger partial charge on any atom is 0.0888 e. The van der Waals surface area contributed by atoms with Gasteiger partial charge in [0.05, 0.1) is 22.8 Å². The number of pyridine rings is 4. The molecule has 0 spiro atoms. The molecule has 0 saturated carbocycles. The Morgan fingerprint density at radius 1 is 0.395 bits per heavy atom. The van der Waals surface area contributed by atoms with Gasteiger partial charge >= 0.3 is 0 Å². The van der Waals surface area contributed by atoms with E-state index in [4.69, 9.17) is 0 Å². The number of aryl methyl sites for hydroxylation is 4. The highest BCUT2D eigenvalue weighted by molar-refractivity contribution is 5.56. The van der Waals surface area contributed by atoms with Gasteiger partial charge in [-0.25, -0.2) is 0 Å². The van der Waals surface area contributed by atoms with E-state index in [0.29, 0.717) is 0 Å². The number of rotatable bonds is 15. The van der Waals surface area contributed by atoms with Gasteiger partial charge in [0.2, 0.25) is 0 Å². The van der Waals surface area contributed by atoms with Crippen molar-refractivity contribution >= 4 is 0 Å². The molecule has 198 valence electrons. The van der Waals surface area contributed by atoms with Crippen LogP contribution in [-0.4, -0.2) is 19.9 Å². The lowest BCUT2D eigenvalue weighted by Gasteiger charge is -2.06. The number of unbranched alkanes of at least 4 members (excludes halogenated alkanes) is 9. The van der Waals surface area contributed by atoms with Crippen LogP contribution in [0.2, 0.25) is 0 Å². The second kappa shape index (κ2) is 15.1. The Bertz CT molecular complexity index is 1170. The van der Waals surface area contributed by atoms with Crippen molar-refractivity contribution in [2.45, 2.75) is 90.9 Å². The molecule has 0 amide bonds. The summed E-state index contributed by atoms with van der Waals surface area (Å²) >= 11 is 0. The zero-order valence-corrected chi connectivity index (χ0v) is 23.2. The van der Waals surface area contributed by atoms with Crippen molar-refractivity contribution in [1.29, 1.82) is 0 Å². The Labute approximate surface area is 229 Å². The van der Waals surface area contributed by atoms with E-state index in [9.17, 15) is 0 Å². The molecule has 0 bridgehead atoms. The average Bonchev–Trinajstić information content (AvgIpc) is 2.94. The molecule has 38 heavy (non-hydrogen) atoms. The van der Waals surface area contributed by atoms with E-state index in [1.54, 1.807) is 0 Å². The van der Waals surface area contributed by atoms with Crippen molar-refractivity contribution in [2.75, 3.05) is 0 Å². The van der Waals surface area contributed by atoms with E-state index in [-0.39, 0.29) is 0 Å². The van der Waals surface area contributed by atoms with E-state index < -0.39 is 0 Å². The van der Waals surface area contributed by atoms with Crippen LogP contribution in [0.4, 0.5) is 0 Å². The Balaban J connectivity index is 1.02. The normalized spacial score (nSPS) is 11.1. The lowest BCUT2D eigenvalue weighted by Crippen LogP contribution is -1.92. The van der Waals surface area contributed by atoms with Gasteiger partial charge in [0, 0.05) is 24.8 Å². The van der Waals surface area contributed by atoms with E-state index in [0.717, 1.165) is 35.6 Å². The van der Waals surface area contributed by atoms with E-state index in [1.807, 2.05) is 36.9 Å². The molecule has 0 fully saturated rings. The van der Waals surface area contributed by atoms with Crippen LogP contribution in [0, 0.1) is 13.8 Å². The number of aromatic nitrogens is 4. The highest BCUT2D eigenvalue weighted by Crippen LogP contribution is 2.20. The quantitative estimate of drug-likeness (QED) is 0.151. The summed E-state index contributed by atoms with van der Waals surface area (Å²) in [6.07, 6.45) is 23.1. The molecule has 0 aliphatic rings. The monoisotopic (exact) mass is 506 g/mol. The molecule has 4 heterocycles. The van der Waals surface area contributed by atoms with Crippen molar-refractivity contribution < 1.29 is 0 Å². The largest absolute Gasteiger partial charge is 0.255 e. The van der Waals surface area contributed by atoms with Crippen molar-refractivity contribution in [3.05, 3.63) is 95.6 Å². The van der Waals surface area contributed by atoms with Crippen LogP contribution in [0.25, 0.3) is 22.8 Å². The molecule has 4 aromatic heterocycles. The highest BCUT2D eigenvalue weighted by Gasteiger charge is 2.04. The zero-order chi connectivity index (χ0) is 26.4. The lowest BCUT2D eigenvalue weighted by molar-refractivity contribution is 0.551. The highest BCUT2D eigenvalue weighted by atomic mass is 14.8. The summed E-state index contributed by atoms with van der Waals surface area (Å²) in [5.74, 6) is 0. The molecule has 4 nitrogen and oxygen atoms in total. The molecule has 0 radical (unpaired) electrons. The smallest absolute Gasteiger partial charge is 0.0888 e. The van der Waals surface area contributed by atoms with E-state index >= 15 is 0 Å². The number of hydrogen-bond donors (Lipinski definition) is 0. The third-order valence-corrected chi connectivity index (χ3v) is 7.19. The van der Waals surface area contributed by atoms with Crippen LogP contribution >= 0.6 is 0 Å². The van der Waals surface area contributed by atoms with Crippen LogP contribution in [0.3, 0.4) is 0 Å². The standard InChI is InChI=1S/C34H42N4/c1-27-15-19-35-31(23-27)33-25-29(17-21-37-33)13-11-9-7-5-3-4-6-8-10-12-14-30-18-22-38-34(26-30)32-24-28(2)16-20-36-32/h15-26H,3-14H2,1-2H3. The molecule has 0 aliphatic heterocycles. The topological polar surface area (TPSA) is 51.6 Å². The zero-order valence-electron chi connectivity index (χ0n) is 23.2. The molecule has 4 rings (SSSR count). The number of hydrogen-bond acceptors (Lipinski definition) is 4. The predicted octanol–water partition coefficient (Wildman–Crippen LogP) is 8.90. The van der Waals surface area contributed by atoms with Crippen LogP contribution in [0.1, 0.15) is 86.5 Å². The minimum Gasteiger partial charge on any atom is -0.255 e. The maximum atomic E-state index is 4.52. The Morgan fingerprint density at radius 2 is 0.711 bits per heavy atom. The van der Waals surface area contributed by atoms with Gasteiger partial charge in [0.15, 0.2) is 0 Å². The van der Waals surface area contributed by atoms with Crippen molar-refractivity contribution in [2.24, 2.45) is 0 Å². The Morgan fingerprint density at radius 3 is 1.08 bits per heavy atom. The van der Waals surface area contributed by atoms with Crippen molar-refractivity contribution in [3.8, 4) is 22.8 Å². The summed E-state index contributed by atoms with van der Waals surface area (Å²) in [5, 5.41) is 0. The summed E-state index contributed by atoms with van der Waals surface area (Å²) in [6, 6.07) is 17.0. The fraction of sp³-hybridized carbons (Fsp3) is 0.412. The second-order valence-electron chi connectivity index (χ2n) is 10.6. The van der Waals surface area contributed by atoms with Gasteiger partial charge in [0.25, 0.3) is 0 Å². The number of nitrogens with zero attached hydrogens (tertiary/aromatic N) is 4. The van der Waals surface area contributed by atoms with E-state index in [2.05, 4.69) is 70.2 Å². The lowest BCUT2D eigenvalue weighted by atomic mass is 10.0. The van der Waals surface area contributed by atoms with Gasteiger partial charge in [-0.05, 0) is 110 Å². The Kier molecular flexibility index (Phi) is 11.0. The molecule has 0 aliphatic carbocycles.